The van der Waals surface area contributed by atoms with Crippen molar-refractivity contribution in [1.82, 2.24) is 9.55 Å². The number of hydrogen-bond acceptors (Lipinski definition) is 2. The number of benzene rings is 2. The van der Waals surface area contributed by atoms with Crippen LogP contribution in [0.3, 0.4) is 0 Å². The molecule has 0 amide bonds. The Morgan fingerprint density at radius 2 is 1.81 bits per heavy atom. The lowest BCUT2D eigenvalue weighted by Crippen LogP contribution is -2.21. The molecule has 2 aromatic carbocycles. The molecular weight excluding hydrogens is 331 g/mol. The van der Waals surface area contributed by atoms with E-state index in [9.17, 15) is 4.79 Å². The van der Waals surface area contributed by atoms with Gasteiger partial charge in [-0.05, 0) is 35.9 Å². The minimum absolute atomic E-state index is 0.122. The first kappa shape index (κ1) is 14.4. The van der Waals surface area contributed by atoms with Crippen molar-refractivity contribution >= 4 is 45.7 Å². The highest BCUT2D eigenvalue weighted by Gasteiger charge is 2.06. The molecule has 21 heavy (non-hydrogen) atoms. The van der Waals surface area contributed by atoms with Crippen molar-refractivity contribution in [2.75, 3.05) is 0 Å². The van der Waals surface area contributed by atoms with Gasteiger partial charge in [0.1, 0.15) is 0 Å². The van der Waals surface area contributed by atoms with Crippen molar-refractivity contribution in [3.63, 3.8) is 0 Å². The fraction of sp³-hybridized carbons (Fsp3) is 0.0667. The van der Waals surface area contributed by atoms with Crippen LogP contribution in [0.5, 0.6) is 0 Å². The first-order valence-electron chi connectivity index (χ1n) is 6.13. The Kier molecular flexibility index (Phi) is 3.89. The highest BCUT2D eigenvalue weighted by atomic mass is 35.5. The Hall–Kier alpha value is -1.55. The molecule has 0 saturated heterocycles. The lowest BCUT2D eigenvalue weighted by Gasteiger charge is -2.08. The summed E-state index contributed by atoms with van der Waals surface area (Å²) in [6.07, 6.45) is 1.50. The van der Waals surface area contributed by atoms with E-state index in [4.69, 9.17) is 34.8 Å². The van der Waals surface area contributed by atoms with Crippen LogP contribution in [-0.4, -0.2) is 9.55 Å². The summed E-state index contributed by atoms with van der Waals surface area (Å²) in [6.45, 7) is 0.376. The van der Waals surface area contributed by atoms with Crippen LogP contribution in [0.1, 0.15) is 5.56 Å². The van der Waals surface area contributed by atoms with Crippen LogP contribution in [0.4, 0.5) is 0 Å². The second-order valence-corrected chi connectivity index (χ2v) is 5.84. The third kappa shape index (κ3) is 2.91. The van der Waals surface area contributed by atoms with Gasteiger partial charge in [-0.25, -0.2) is 4.98 Å². The van der Waals surface area contributed by atoms with Crippen LogP contribution in [0.2, 0.25) is 15.1 Å². The van der Waals surface area contributed by atoms with Gasteiger partial charge in [0.2, 0.25) is 0 Å². The monoisotopic (exact) mass is 338 g/mol. The molecular formula is C15H9Cl3N2O. The molecule has 0 aliphatic rings. The molecule has 106 valence electrons. The molecule has 0 fully saturated rings. The van der Waals surface area contributed by atoms with Gasteiger partial charge in [0.25, 0.3) is 5.56 Å². The Morgan fingerprint density at radius 1 is 1.00 bits per heavy atom. The summed E-state index contributed by atoms with van der Waals surface area (Å²) in [6, 6.07) is 10.3. The largest absolute Gasteiger partial charge is 0.294 e. The zero-order valence-electron chi connectivity index (χ0n) is 10.7. The summed E-state index contributed by atoms with van der Waals surface area (Å²) in [4.78, 5) is 16.7. The van der Waals surface area contributed by atoms with Gasteiger partial charge < -0.3 is 0 Å². The minimum atomic E-state index is -0.122. The third-order valence-corrected chi connectivity index (χ3v) is 4.10. The Labute approximate surface area is 135 Å². The molecule has 0 aliphatic heterocycles. The molecule has 3 rings (SSSR count). The molecule has 0 spiro atoms. The first-order valence-corrected chi connectivity index (χ1v) is 7.26. The lowest BCUT2D eigenvalue weighted by molar-refractivity contribution is 0.748. The molecule has 3 aromatic rings. The Bertz CT molecular complexity index is 890. The van der Waals surface area contributed by atoms with E-state index < -0.39 is 0 Å². The highest BCUT2D eigenvalue weighted by Crippen LogP contribution is 2.23. The van der Waals surface area contributed by atoms with Crippen molar-refractivity contribution in [2.45, 2.75) is 6.54 Å². The first-order chi connectivity index (χ1) is 10.0. The van der Waals surface area contributed by atoms with Crippen molar-refractivity contribution in [3.05, 3.63) is 73.7 Å². The van der Waals surface area contributed by atoms with Gasteiger partial charge in [-0.3, -0.25) is 9.36 Å². The number of hydrogen-bond donors (Lipinski definition) is 0. The molecule has 3 nitrogen and oxygen atoms in total. The van der Waals surface area contributed by atoms with E-state index in [2.05, 4.69) is 4.98 Å². The predicted molar refractivity (Wildman–Crippen MR) is 86.6 cm³/mol. The van der Waals surface area contributed by atoms with Crippen LogP contribution in [0, 0.1) is 0 Å². The maximum Gasteiger partial charge on any atom is 0.261 e. The summed E-state index contributed by atoms with van der Waals surface area (Å²) in [5, 5.41) is 2.03. The number of halogens is 3. The van der Waals surface area contributed by atoms with Gasteiger partial charge in [-0.2, -0.15) is 0 Å². The Balaban J connectivity index is 2.05. The number of aromatic nitrogens is 2. The second kappa shape index (κ2) is 5.68. The zero-order valence-corrected chi connectivity index (χ0v) is 13.0. The molecule has 0 unspecified atom stereocenters. The van der Waals surface area contributed by atoms with Crippen LogP contribution < -0.4 is 5.56 Å². The summed E-state index contributed by atoms with van der Waals surface area (Å²) < 4.78 is 1.52. The average molecular weight is 340 g/mol. The minimum Gasteiger partial charge on any atom is -0.294 e. The molecule has 6 heteroatoms. The van der Waals surface area contributed by atoms with Gasteiger partial charge in [0.05, 0.1) is 33.8 Å². The van der Waals surface area contributed by atoms with Crippen molar-refractivity contribution in [3.8, 4) is 0 Å². The van der Waals surface area contributed by atoms with E-state index in [1.54, 1.807) is 30.3 Å². The van der Waals surface area contributed by atoms with Crippen LogP contribution in [0.25, 0.3) is 10.9 Å². The van der Waals surface area contributed by atoms with Crippen LogP contribution in [-0.2, 0) is 6.54 Å². The van der Waals surface area contributed by atoms with Crippen molar-refractivity contribution in [1.29, 1.82) is 0 Å². The van der Waals surface area contributed by atoms with Gasteiger partial charge >= 0.3 is 0 Å². The van der Waals surface area contributed by atoms with E-state index >= 15 is 0 Å². The van der Waals surface area contributed by atoms with Gasteiger partial charge in [-0.15, -0.1) is 0 Å². The number of fused-ring (bicyclic) bond motifs is 1. The fourth-order valence-electron chi connectivity index (χ4n) is 2.08. The summed E-state index contributed by atoms with van der Waals surface area (Å²) in [5.74, 6) is 0. The van der Waals surface area contributed by atoms with Gasteiger partial charge in [-0.1, -0.05) is 40.9 Å². The maximum atomic E-state index is 12.4. The molecule has 1 heterocycles. The highest BCUT2D eigenvalue weighted by molar-refractivity contribution is 6.42. The third-order valence-electron chi connectivity index (χ3n) is 3.12. The normalized spacial score (nSPS) is 11.0. The SMILES string of the molecule is O=c1c2ccc(Cl)cc2ncn1Cc1ccc(Cl)c(Cl)c1. The summed E-state index contributed by atoms with van der Waals surface area (Å²) in [5.41, 5.74) is 1.34. The average Bonchev–Trinajstić information content (AvgIpc) is 2.46. The number of rotatable bonds is 2. The van der Waals surface area contributed by atoms with E-state index in [1.807, 2.05) is 6.07 Å². The van der Waals surface area contributed by atoms with E-state index in [1.165, 1.54) is 10.9 Å². The molecule has 0 bridgehead atoms. The van der Waals surface area contributed by atoms with E-state index in [0.717, 1.165) is 5.56 Å². The van der Waals surface area contributed by atoms with Gasteiger partial charge in [0.15, 0.2) is 0 Å². The van der Waals surface area contributed by atoms with E-state index in [0.29, 0.717) is 32.5 Å². The summed E-state index contributed by atoms with van der Waals surface area (Å²) in [7, 11) is 0. The summed E-state index contributed by atoms with van der Waals surface area (Å²) >= 11 is 17.8. The molecule has 0 N–H and O–H groups in total. The maximum absolute atomic E-state index is 12.4. The van der Waals surface area contributed by atoms with E-state index in [-0.39, 0.29) is 5.56 Å². The van der Waals surface area contributed by atoms with Crippen molar-refractivity contribution < 1.29 is 0 Å². The topological polar surface area (TPSA) is 34.9 Å². The number of nitrogens with zero attached hydrogens (tertiary/aromatic N) is 2. The standard InChI is InChI=1S/C15H9Cl3N2O/c16-10-2-3-11-14(6-10)19-8-20(15(11)21)7-9-1-4-12(17)13(18)5-9/h1-6,8H,7H2. The molecule has 0 aliphatic carbocycles. The van der Waals surface area contributed by atoms with Gasteiger partial charge in [0, 0.05) is 5.02 Å². The molecule has 0 radical (unpaired) electrons. The zero-order chi connectivity index (χ0) is 15.0. The quantitative estimate of drug-likeness (QED) is 0.693. The molecule has 0 atom stereocenters. The van der Waals surface area contributed by atoms with Crippen LogP contribution in [0.15, 0.2) is 47.5 Å². The Morgan fingerprint density at radius 3 is 2.57 bits per heavy atom. The fourth-order valence-corrected chi connectivity index (χ4v) is 2.57. The lowest BCUT2D eigenvalue weighted by atomic mass is 10.2. The second-order valence-electron chi connectivity index (χ2n) is 4.59. The molecule has 1 aromatic heterocycles. The smallest absolute Gasteiger partial charge is 0.261 e. The predicted octanol–water partition coefficient (Wildman–Crippen LogP) is 4.41. The van der Waals surface area contributed by atoms with Crippen molar-refractivity contribution in [2.24, 2.45) is 0 Å². The van der Waals surface area contributed by atoms with Crippen LogP contribution >= 0.6 is 34.8 Å². The molecule has 0 saturated carbocycles.